The highest BCUT2D eigenvalue weighted by molar-refractivity contribution is 7.11. The standard InChI is InChI=1S/C20H24N4O3S/c1-21-19-22(2)16-12-24(18(25)17(16)28-19)15-8-10-23(11-9-15)20(26)27-13-14-6-4-3-5-7-14/h3-7,15H,8-13H2,1-2H3/b21-19-. The normalized spacial score (nSPS) is 17.9. The first kappa shape index (κ1) is 18.7. The lowest BCUT2D eigenvalue weighted by Gasteiger charge is -2.36. The van der Waals surface area contributed by atoms with Crippen molar-refractivity contribution in [2.24, 2.45) is 12.0 Å². The van der Waals surface area contributed by atoms with Gasteiger partial charge in [-0.05, 0) is 18.4 Å². The average molecular weight is 401 g/mol. The SMILES string of the molecule is C/N=c1\sc2c(n1C)CN(C1CCN(C(=O)OCc3ccccc3)CC1)C2=O. The zero-order valence-electron chi connectivity index (χ0n) is 16.1. The van der Waals surface area contributed by atoms with Crippen LogP contribution in [0.5, 0.6) is 0 Å². The Morgan fingerprint density at radius 2 is 1.96 bits per heavy atom. The highest BCUT2D eigenvalue weighted by Crippen LogP contribution is 2.30. The molecule has 0 radical (unpaired) electrons. The van der Waals surface area contributed by atoms with Gasteiger partial charge >= 0.3 is 6.09 Å². The van der Waals surface area contributed by atoms with E-state index in [9.17, 15) is 9.59 Å². The number of fused-ring (bicyclic) bond motifs is 1. The van der Waals surface area contributed by atoms with E-state index >= 15 is 0 Å². The van der Waals surface area contributed by atoms with Crippen molar-refractivity contribution in [3.8, 4) is 0 Å². The van der Waals surface area contributed by atoms with Crippen molar-refractivity contribution in [3.63, 3.8) is 0 Å². The van der Waals surface area contributed by atoms with Crippen LogP contribution < -0.4 is 4.80 Å². The summed E-state index contributed by atoms with van der Waals surface area (Å²) in [6.45, 7) is 2.13. The first-order chi connectivity index (χ1) is 13.6. The molecule has 28 heavy (non-hydrogen) atoms. The van der Waals surface area contributed by atoms with Crippen LogP contribution in [0, 0.1) is 0 Å². The highest BCUT2D eigenvalue weighted by Gasteiger charge is 2.38. The Morgan fingerprint density at radius 1 is 1.25 bits per heavy atom. The number of aromatic nitrogens is 1. The highest BCUT2D eigenvalue weighted by atomic mass is 32.1. The summed E-state index contributed by atoms with van der Waals surface area (Å²) in [5.41, 5.74) is 2.02. The number of thiazole rings is 1. The summed E-state index contributed by atoms with van der Waals surface area (Å²) in [6.07, 6.45) is 1.26. The number of hydrogen-bond acceptors (Lipinski definition) is 5. The largest absolute Gasteiger partial charge is 0.445 e. The fourth-order valence-corrected chi connectivity index (χ4v) is 4.90. The van der Waals surface area contributed by atoms with E-state index in [1.165, 1.54) is 11.3 Å². The van der Waals surface area contributed by atoms with Crippen LogP contribution in [0.25, 0.3) is 0 Å². The first-order valence-corrected chi connectivity index (χ1v) is 10.3. The number of carbonyl (C=O) groups is 2. The first-order valence-electron chi connectivity index (χ1n) is 9.46. The molecule has 1 fully saturated rings. The summed E-state index contributed by atoms with van der Waals surface area (Å²) in [5, 5.41) is 0. The Balaban J connectivity index is 1.32. The molecule has 1 saturated heterocycles. The van der Waals surface area contributed by atoms with Crippen molar-refractivity contribution in [1.29, 1.82) is 0 Å². The molecule has 0 spiro atoms. The molecule has 4 rings (SSSR count). The number of hydrogen-bond donors (Lipinski definition) is 0. The monoisotopic (exact) mass is 400 g/mol. The summed E-state index contributed by atoms with van der Waals surface area (Å²) in [4.78, 5) is 34.7. The van der Waals surface area contributed by atoms with Crippen molar-refractivity contribution in [2.75, 3.05) is 20.1 Å². The van der Waals surface area contributed by atoms with E-state index in [1.54, 1.807) is 11.9 Å². The molecule has 0 saturated carbocycles. The molecule has 148 valence electrons. The van der Waals surface area contributed by atoms with Crippen LogP contribution in [0.2, 0.25) is 0 Å². The molecule has 1 aromatic carbocycles. The van der Waals surface area contributed by atoms with E-state index in [1.807, 2.05) is 46.8 Å². The van der Waals surface area contributed by atoms with E-state index in [4.69, 9.17) is 4.74 Å². The third kappa shape index (κ3) is 3.44. The molecule has 8 heteroatoms. The van der Waals surface area contributed by atoms with Gasteiger partial charge in [0, 0.05) is 33.2 Å². The zero-order valence-corrected chi connectivity index (χ0v) is 16.9. The van der Waals surface area contributed by atoms with Crippen molar-refractivity contribution in [3.05, 3.63) is 51.3 Å². The lowest BCUT2D eigenvalue weighted by molar-refractivity contribution is 0.0536. The van der Waals surface area contributed by atoms with Gasteiger partial charge in [0.15, 0.2) is 4.80 Å². The minimum absolute atomic E-state index is 0.0932. The molecule has 0 unspecified atom stereocenters. The van der Waals surface area contributed by atoms with Gasteiger partial charge in [-0.25, -0.2) is 4.79 Å². The van der Waals surface area contributed by atoms with Gasteiger partial charge in [0.25, 0.3) is 5.91 Å². The number of likely N-dealkylation sites (tertiary alicyclic amines) is 1. The molecule has 7 nitrogen and oxygen atoms in total. The van der Waals surface area contributed by atoms with Gasteiger partial charge < -0.3 is 19.1 Å². The number of piperidine rings is 1. The second-order valence-corrected chi connectivity index (χ2v) is 8.11. The number of ether oxygens (including phenoxy) is 1. The van der Waals surface area contributed by atoms with Gasteiger partial charge in [-0.3, -0.25) is 9.79 Å². The van der Waals surface area contributed by atoms with Gasteiger partial charge in [-0.1, -0.05) is 41.7 Å². The summed E-state index contributed by atoms with van der Waals surface area (Å²) in [6, 6.07) is 9.83. The predicted octanol–water partition coefficient (Wildman–Crippen LogP) is 2.37. The number of amides is 2. The molecule has 3 heterocycles. The molecule has 2 aliphatic heterocycles. The molecule has 0 aliphatic carbocycles. The minimum atomic E-state index is -0.283. The van der Waals surface area contributed by atoms with Crippen LogP contribution in [0.1, 0.15) is 33.8 Å². The quantitative estimate of drug-likeness (QED) is 0.794. The van der Waals surface area contributed by atoms with E-state index in [0.717, 1.165) is 33.8 Å². The molecule has 0 N–H and O–H groups in total. The number of carbonyl (C=O) groups excluding carboxylic acids is 2. The van der Waals surface area contributed by atoms with Crippen molar-refractivity contribution in [2.45, 2.75) is 32.0 Å². The Labute approximate surface area is 167 Å². The lowest BCUT2D eigenvalue weighted by atomic mass is 10.0. The topological polar surface area (TPSA) is 67.1 Å². The summed E-state index contributed by atoms with van der Waals surface area (Å²) in [7, 11) is 3.70. The maximum absolute atomic E-state index is 12.8. The second-order valence-electron chi connectivity index (χ2n) is 7.13. The van der Waals surface area contributed by atoms with Gasteiger partial charge in [-0.2, -0.15) is 0 Å². The van der Waals surface area contributed by atoms with Crippen LogP contribution in [0.4, 0.5) is 4.79 Å². The molecular weight excluding hydrogens is 376 g/mol. The minimum Gasteiger partial charge on any atom is -0.445 e. The molecule has 2 aromatic rings. The van der Waals surface area contributed by atoms with E-state index in [0.29, 0.717) is 19.6 Å². The van der Waals surface area contributed by atoms with E-state index < -0.39 is 0 Å². The fourth-order valence-electron chi connectivity index (χ4n) is 3.86. The maximum Gasteiger partial charge on any atom is 0.410 e. The summed E-state index contributed by atoms with van der Waals surface area (Å²) >= 11 is 1.45. The van der Waals surface area contributed by atoms with E-state index in [-0.39, 0.29) is 24.6 Å². The fraction of sp³-hybridized carbons (Fsp3) is 0.450. The summed E-state index contributed by atoms with van der Waals surface area (Å²) in [5.74, 6) is 0.0932. The molecule has 1 aromatic heterocycles. The molecule has 2 amide bonds. The maximum atomic E-state index is 12.8. The second kappa shape index (κ2) is 7.79. The molecule has 2 aliphatic rings. The van der Waals surface area contributed by atoms with Gasteiger partial charge in [-0.15, -0.1) is 0 Å². The van der Waals surface area contributed by atoms with Crippen molar-refractivity contribution < 1.29 is 14.3 Å². The van der Waals surface area contributed by atoms with Crippen LogP contribution in [0.3, 0.4) is 0 Å². The summed E-state index contributed by atoms with van der Waals surface area (Å²) < 4.78 is 7.43. The van der Waals surface area contributed by atoms with Crippen molar-refractivity contribution in [1.82, 2.24) is 14.4 Å². The van der Waals surface area contributed by atoms with Crippen LogP contribution in [-0.2, 0) is 24.9 Å². The Bertz CT molecular complexity index is 942. The number of nitrogens with zero attached hydrogens (tertiary/aromatic N) is 4. The van der Waals surface area contributed by atoms with Crippen LogP contribution >= 0.6 is 11.3 Å². The van der Waals surface area contributed by atoms with Gasteiger partial charge in [0.2, 0.25) is 0 Å². The third-order valence-corrected chi connectivity index (χ3v) is 6.74. The van der Waals surface area contributed by atoms with Gasteiger partial charge in [0.1, 0.15) is 11.5 Å². The van der Waals surface area contributed by atoms with Gasteiger partial charge in [0.05, 0.1) is 12.2 Å². The third-order valence-electron chi connectivity index (χ3n) is 5.48. The van der Waals surface area contributed by atoms with Crippen LogP contribution in [0.15, 0.2) is 35.3 Å². The molecule has 0 bridgehead atoms. The Morgan fingerprint density at radius 3 is 2.61 bits per heavy atom. The number of benzene rings is 1. The Hall–Kier alpha value is -2.61. The smallest absolute Gasteiger partial charge is 0.410 e. The van der Waals surface area contributed by atoms with Crippen LogP contribution in [-0.4, -0.2) is 52.5 Å². The number of rotatable bonds is 3. The molecule has 0 atom stereocenters. The average Bonchev–Trinajstić information content (AvgIpc) is 3.23. The molecular formula is C20H24N4O3S. The predicted molar refractivity (Wildman–Crippen MR) is 106 cm³/mol. The Kier molecular flexibility index (Phi) is 5.21. The van der Waals surface area contributed by atoms with E-state index in [2.05, 4.69) is 4.99 Å². The lowest BCUT2D eigenvalue weighted by Crippen LogP contribution is -2.47. The van der Waals surface area contributed by atoms with Crippen molar-refractivity contribution >= 4 is 23.3 Å². The zero-order chi connectivity index (χ0) is 19.7.